The zero-order chi connectivity index (χ0) is 19.1. The number of fused-ring (bicyclic) bond motifs is 4. The molecule has 1 aliphatic carbocycles. The van der Waals surface area contributed by atoms with Crippen LogP contribution in [-0.2, 0) is 11.4 Å². The van der Waals surface area contributed by atoms with Crippen LogP contribution in [0.3, 0.4) is 0 Å². The topological polar surface area (TPSA) is 142 Å². The van der Waals surface area contributed by atoms with E-state index in [-0.39, 0.29) is 34.2 Å². The van der Waals surface area contributed by atoms with Crippen LogP contribution >= 0.6 is 0 Å². The second kappa shape index (κ2) is 4.87. The van der Waals surface area contributed by atoms with Crippen LogP contribution in [0.5, 0.6) is 0 Å². The van der Waals surface area contributed by atoms with Crippen LogP contribution in [0.15, 0.2) is 17.1 Å². The molecule has 0 unspecified atom stereocenters. The summed E-state index contributed by atoms with van der Waals surface area (Å²) >= 11 is 0. The lowest BCUT2D eigenvalue weighted by Gasteiger charge is -2.35. The third-order valence-electron chi connectivity index (χ3n) is 5.95. The van der Waals surface area contributed by atoms with E-state index in [0.717, 1.165) is 12.8 Å². The van der Waals surface area contributed by atoms with Crippen LogP contribution in [0.4, 0.5) is 17.2 Å². The summed E-state index contributed by atoms with van der Waals surface area (Å²) in [4.78, 5) is 30.0. The maximum Gasteiger partial charge on any atom is 0.277 e. The molecule has 27 heavy (non-hydrogen) atoms. The summed E-state index contributed by atoms with van der Waals surface area (Å²) in [5.41, 5.74) is 5.44. The minimum atomic E-state index is -2.47. The van der Waals surface area contributed by atoms with E-state index in [1.807, 2.05) is 0 Å². The average Bonchev–Trinajstić information content (AvgIpc) is 3.16. The van der Waals surface area contributed by atoms with E-state index in [0.29, 0.717) is 24.1 Å². The fraction of sp³-hybridized carbons (Fsp3) is 0.389. The fourth-order valence-electron chi connectivity index (χ4n) is 4.78. The van der Waals surface area contributed by atoms with Gasteiger partial charge in [0.1, 0.15) is 22.9 Å². The Kier molecular flexibility index (Phi) is 2.94. The van der Waals surface area contributed by atoms with Gasteiger partial charge in [0.2, 0.25) is 5.79 Å². The minimum absolute atomic E-state index is 0.0250. The summed E-state index contributed by atoms with van der Waals surface area (Å²) in [6.07, 6.45) is 4.40. The van der Waals surface area contributed by atoms with Gasteiger partial charge in [0, 0.05) is 17.8 Å². The fourth-order valence-corrected chi connectivity index (χ4v) is 4.78. The zero-order valence-corrected chi connectivity index (χ0v) is 14.7. The van der Waals surface area contributed by atoms with Crippen molar-refractivity contribution < 1.29 is 15.0 Å². The second-order valence-corrected chi connectivity index (χ2v) is 7.51. The minimum Gasteiger partial charge on any atom is -0.384 e. The SMILES string of the molecule is Cc1c2c(c(=O)n3c1C(=O)NC31CCCC1)Nc1cc(N)ncc1C2(O)O. The Balaban J connectivity index is 1.85. The van der Waals surface area contributed by atoms with E-state index in [1.165, 1.54) is 16.8 Å². The molecule has 0 aromatic carbocycles. The lowest BCUT2D eigenvalue weighted by atomic mass is 9.88. The first-order chi connectivity index (χ1) is 12.8. The van der Waals surface area contributed by atoms with Gasteiger partial charge in [-0.3, -0.25) is 14.2 Å². The predicted molar refractivity (Wildman–Crippen MR) is 96.5 cm³/mol. The number of pyridine rings is 2. The van der Waals surface area contributed by atoms with Crippen molar-refractivity contribution in [1.82, 2.24) is 14.9 Å². The molecule has 1 fully saturated rings. The first-order valence-corrected chi connectivity index (χ1v) is 8.87. The molecule has 3 aliphatic rings. The molecule has 9 nitrogen and oxygen atoms in total. The molecule has 0 radical (unpaired) electrons. The molecular weight excluding hydrogens is 350 g/mol. The number of carbonyl (C=O) groups is 1. The van der Waals surface area contributed by atoms with Crippen molar-refractivity contribution in [3.8, 4) is 0 Å². The normalized spacial score (nSPS) is 20.6. The number of anilines is 3. The highest BCUT2D eigenvalue weighted by Crippen LogP contribution is 2.46. The molecular formula is C18H19N5O4. The number of aromatic nitrogens is 2. The summed E-state index contributed by atoms with van der Waals surface area (Å²) < 4.78 is 1.50. The van der Waals surface area contributed by atoms with E-state index < -0.39 is 17.0 Å². The highest BCUT2D eigenvalue weighted by Gasteiger charge is 2.50. The predicted octanol–water partition coefficient (Wildman–Crippen LogP) is 0.347. The van der Waals surface area contributed by atoms with Crippen LogP contribution in [0, 0.1) is 6.92 Å². The summed E-state index contributed by atoms with van der Waals surface area (Å²) in [6.45, 7) is 1.62. The summed E-state index contributed by atoms with van der Waals surface area (Å²) in [5, 5.41) is 27.8. The number of hydrogen-bond donors (Lipinski definition) is 5. The molecule has 4 heterocycles. The third-order valence-corrected chi connectivity index (χ3v) is 5.95. The van der Waals surface area contributed by atoms with Gasteiger partial charge in [-0.25, -0.2) is 4.98 Å². The molecule has 140 valence electrons. The Labute approximate surface area is 153 Å². The Morgan fingerprint density at radius 1 is 1.26 bits per heavy atom. The highest BCUT2D eigenvalue weighted by atomic mass is 16.5. The molecule has 9 heteroatoms. The summed E-state index contributed by atoms with van der Waals surface area (Å²) in [7, 11) is 0. The smallest absolute Gasteiger partial charge is 0.277 e. The summed E-state index contributed by atoms with van der Waals surface area (Å²) in [5.74, 6) is -2.66. The second-order valence-electron chi connectivity index (χ2n) is 7.51. The maximum absolute atomic E-state index is 13.4. The summed E-state index contributed by atoms with van der Waals surface area (Å²) in [6, 6.07) is 1.45. The number of rotatable bonds is 0. The van der Waals surface area contributed by atoms with Gasteiger partial charge in [0.15, 0.2) is 0 Å². The first-order valence-electron chi connectivity index (χ1n) is 8.87. The number of nitrogen functional groups attached to an aromatic ring is 1. The van der Waals surface area contributed by atoms with Crippen molar-refractivity contribution in [2.24, 2.45) is 0 Å². The van der Waals surface area contributed by atoms with Crippen molar-refractivity contribution >= 4 is 23.1 Å². The number of carbonyl (C=O) groups excluding carboxylic acids is 1. The number of aliphatic hydroxyl groups is 2. The molecule has 1 amide bonds. The van der Waals surface area contributed by atoms with Crippen molar-refractivity contribution in [3.05, 3.63) is 45.0 Å². The lowest BCUT2D eigenvalue weighted by molar-refractivity contribution is -0.132. The maximum atomic E-state index is 13.4. The largest absolute Gasteiger partial charge is 0.384 e. The highest BCUT2D eigenvalue weighted by molar-refractivity contribution is 5.98. The van der Waals surface area contributed by atoms with Gasteiger partial charge < -0.3 is 26.6 Å². The van der Waals surface area contributed by atoms with E-state index in [1.54, 1.807) is 6.92 Å². The van der Waals surface area contributed by atoms with Crippen LogP contribution in [-0.4, -0.2) is 25.7 Å². The van der Waals surface area contributed by atoms with E-state index >= 15 is 0 Å². The zero-order valence-electron chi connectivity index (χ0n) is 14.7. The molecule has 6 N–H and O–H groups in total. The monoisotopic (exact) mass is 369 g/mol. The molecule has 0 bridgehead atoms. The van der Waals surface area contributed by atoms with Gasteiger partial charge in [-0.1, -0.05) is 0 Å². The first kappa shape index (κ1) is 16.3. The van der Waals surface area contributed by atoms with Crippen molar-refractivity contribution in [3.63, 3.8) is 0 Å². The number of hydrogen-bond acceptors (Lipinski definition) is 7. The van der Waals surface area contributed by atoms with Crippen LogP contribution in [0.2, 0.25) is 0 Å². The van der Waals surface area contributed by atoms with E-state index in [9.17, 15) is 19.8 Å². The quantitative estimate of drug-likeness (QED) is 0.422. The standard InChI is InChI=1S/C18H19N5O4/c1-8-12-13(21-10-6-11(19)20-7-9(10)18(12,26)27)16(25)23-14(8)15(24)22-17(23)4-2-3-5-17/h6-7,21,26-27H,2-5H2,1H3,(H2,19,20)(H,22,24). The Bertz CT molecular complexity index is 1080. The van der Waals surface area contributed by atoms with Gasteiger partial charge in [-0.05, 0) is 38.2 Å². The van der Waals surface area contributed by atoms with Gasteiger partial charge in [0.25, 0.3) is 11.5 Å². The van der Waals surface area contributed by atoms with Crippen molar-refractivity contribution in [2.75, 3.05) is 11.1 Å². The van der Waals surface area contributed by atoms with Crippen molar-refractivity contribution in [1.29, 1.82) is 0 Å². The number of nitrogens with zero attached hydrogens (tertiary/aromatic N) is 2. The number of nitrogens with one attached hydrogen (secondary N) is 2. The van der Waals surface area contributed by atoms with Gasteiger partial charge in [-0.2, -0.15) is 0 Å². The van der Waals surface area contributed by atoms with E-state index in [4.69, 9.17) is 5.73 Å². The van der Waals surface area contributed by atoms with Gasteiger partial charge >= 0.3 is 0 Å². The van der Waals surface area contributed by atoms with Crippen LogP contribution in [0.25, 0.3) is 0 Å². The van der Waals surface area contributed by atoms with Crippen LogP contribution in [0.1, 0.15) is 52.9 Å². The Morgan fingerprint density at radius 3 is 2.67 bits per heavy atom. The van der Waals surface area contributed by atoms with Crippen LogP contribution < -0.4 is 21.9 Å². The molecule has 2 aromatic rings. The van der Waals surface area contributed by atoms with Gasteiger partial charge in [0.05, 0.1) is 11.3 Å². The van der Waals surface area contributed by atoms with Gasteiger partial charge in [-0.15, -0.1) is 0 Å². The molecule has 1 saturated carbocycles. The molecule has 0 saturated heterocycles. The molecule has 1 spiro atoms. The number of amides is 1. The molecule has 2 aliphatic heterocycles. The Morgan fingerprint density at radius 2 is 1.96 bits per heavy atom. The van der Waals surface area contributed by atoms with E-state index in [2.05, 4.69) is 15.6 Å². The van der Waals surface area contributed by atoms with Crippen molar-refractivity contribution in [2.45, 2.75) is 44.1 Å². The third kappa shape index (κ3) is 1.87. The molecule has 0 atom stereocenters. The average molecular weight is 369 g/mol. The molecule has 5 rings (SSSR count). The lowest BCUT2D eigenvalue weighted by Crippen LogP contribution is -2.46. The Hall–Kier alpha value is -2.91. The number of nitrogens with two attached hydrogens (primary N) is 1. The molecule has 2 aromatic heterocycles.